The van der Waals surface area contributed by atoms with Crippen LogP contribution in [0.1, 0.15) is 45.7 Å². The highest BCUT2D eigenvalue weighted by molar-refractivity contribution is 5.82. The molecule has 6 heteroatoms. The molecule has 108 valence electrons. The lowest BCUT2D eigenvalue weighted by Crippen LogP contribution is -2.27. The summed E-state index contributed by atoms with van der Waals surface area (Å²) in [4.78, 5) is 32.2. The molecular weight excluding hydrogens is 262 g/mol. The van der Waals surface area contributed by atoms with Crippen molar-refractivity contribution in [3.05, 3.63) is 34.9 Å². The van der Waals surface area contributed by atoms with Gasteiger partial charge in [0.2, 0.25) is 5.91 Å². The molecule has 0 radical (unpaired) electrons. The Kier molecular flexibility index (Phi) is 6.02. The number of rotatable bonds is 7. The fraction of sp³-hybridized carbons (Fsp3) is 0.357. The summed E-state index contributed by atoms with van der Waals surface area (Å²) < 4.78 is 0. The average Bonchev–Trinajstić information content (AvgIpc) is 2.45. The summed E-state index contributed by atoms with van der Waals surface area (Å²) in [6, 6.07) is 4.21. The Morgan fingerprint density at radius 1 is 1.20 bits per heavy atom. The first-order valence-electron chi connectivity index (χ1n) is 6.14. The summed E-state index contributed by atoms with van der Waals surface area (Å²) in [7, 11) is 0. The van der Waals surface area contributed by atoms with E-state index in [2.05, 4.69) is 5.32 Å². The molecule has 0 saturated heterocycles. The molecule has 1 aromatic rings. The van der Waals surface area contributed by atoms with E-state index < -0.39 is 12.2 Å². The van der Waals surface area contributed by atoms with Crippen LogP contribution in [-0.4, -0.2) is 41.3 Å². The van der Waals surface area contributed by atoms with Gasteiger partial charge in [0.05, 0.1) is 6.10 Å². The smallest absolute Gasteiger partial charge is 0.216 e. The predicted molar refractivity (Wildman–Crippen MR) is 71.5 cm³/mol. The van der Waals surface area contributed by atoms with E-state index in [9.17, 15) is 24.6 Å². The van der Waals surface area contributed by atoms with Crippen molar-refractivity contribution in [1.29, 1.82) is 0 Å². The Labute approximate surface area is 116 Å². The number of carbonyl (C=O) groups is 3. The molecular formula is C14H17NO5. The maximum Gasteiger partial charge on any atom is 0.216 e. The standard InChI is InChI=1S/C14H17NO5/c1-9(18)15-3-2-13(19)14(20)12-5-10(7-16)4-11(6-12)8-17/h4-8,13-14,19-20H,2-3H2,1H3,(H,15,18). The third-order valence-electron chi connectivity index (χ3n) is 2.79. The van der Waals surface area contributed by atoms with Crippen LogP contribution in [0.2, 0.25) is 0 Å². The lowest BCUT2D eigenvalue weighted by atomic mass is 9.98. The highest BCUT2D eigenvalue weighted by atomic mass is 16.3. The molecule has 1 rings (SSSR count). The quantitative estimate of drug-likeness (QED) is 0.620. The highest BCUT2D eigenvalue weighted by Crippen LogP contribution is 2.21. The molecule has 1 aromatic carbocycles. The van der Waals surface area contributed by atoms with Crippen LogP contribution in [0.15, 0.2) is 18.2 Å². The molecule has 0 aliphatic heterocycles. The zero-order valence-corrected chi connectivity index (χ0v) is 11.1. The fourth-order valence-corrected chi connectivity index (χ4v) is 1.79. The summed E-state index contributed by atoms with van der Waals surface area (Å²) in [6.07, 6.45) is -1.06. The van der Waals surface area contributed by atoms with Crippen LogP contribution in [0.25, 0.3) is 0 Å². The van der Waals surface area contributed by atoms with Crippen LogP contribution in [0.4, 0.5) is 0 Å². The van der Waals surface area contributed by atoms with Crippen molar-refractivity contribution < 1.29 is 24.6 Å². The Morgan fingerprint density at radius 2 is 1.75 bits per heavy atom. The number of hydrogen-bond donors (Lipinski definition) is 3. The molecule has 0 bridgehead atoms. The van der Waals surface area contributed by atoms with E-state index in [1.807, 2.05) is 0 Å². The van der Waals surface area contributed by atoms with E-state index in [0.717, 1.165) is 0 Å². The monoisotopic (exact) mass is 279 g/mol. The third-order valence-corrected chi connectivity index (χ3v) is 2.79. The van der Waals surface area contributed by atoms with Gasteiger partial charge in [-0.05, 0) is 30.2 Å². The van der Waals surface area contributed by atoms with Gasteiger partial charge in [-0.25, -0.2) is 0 Å². The van der Waals surface area contributed by atoms with Crippen LogP contribution in [0, 0.1) is 0 Å². The van der Waals surface area contributed by atoms with Crippen LogP contribution < -0.4 is 5.32 Å². The second-order valence-corrected chi connectivity index (χ2v) is 4.45. The first-order valence-corrected chi connectivity index (χ1v) is 6.14. The van der Waals surface area contributed by atoms with E-state index in [0.29, 0.717) is 12.6 Å². The Balaban J connectivity index is 2.79. The van der Waals surface area contributed by atoms with Gasteiger partial charge in [-0.15, -0.1) is 0 Å². The lowest BCUT2D eigenvalue weighted by molar-refractivity contribution is -0.119. The van der Waals surface area contributed by atoms with Gasteiger partial charge in [-0.1, -0.05) is 0 Å². The predicted octanol–water partition coefficient (Wildman–Crippen LogP) is 0.232. The number of hydrogen-bond acceptors (Lipinski definition) is 5. The second kappa shape index (κ2) is 7.52. The Hall–Kier alpha value is -2.05. The van der Waals surface area contributed by atoms with Gasteiger partial charge in [-0.3, -0.25) is 14.4 Å². The average molecular weight is 279 g/mol. The number of aliphatic hydroxyl groups is 2. The molecule has 20 heavy (non-hydrogen) atoms. The van der Waals surface area contributed by atoms with Gasteiger partial charge in [0, 0.05) is 24.6 Å². The summed E-state index contributed by atoms with van der Waals surface area (Å²) in [5, 5.41) is 22.3. The molecule has 1 amide bonds. The third kappa shape index (κ3) is 4.56. The molecule has 0 aromatic heterocycles. The fourth-order valence-electron chi connectivity index (χ4n) is 1.79. The van der Waals surface area contributed by atoms with Crippen LogP contribution >= 0.6 is 0 Å². The number of carbonyl (C=O) groups excluding carboxylic acids is 3. The summed E-state index contributed by atoms with van der Waals surface area (Å²) in [5.41, 5.74) is 0.780. The summed E-state index contributed by atoms with van der Waals surface area (Å²) in [6.45, 7) is 1.58. The van der Waals surface area contributed by atoms with E-state index in [4.69, 9.17) is 0 Å². The second-order valence-electron chi connectivity index (χ2n) is 4.45. The van der Waals surface area contributed by atoms with Gasteiger partial charge in [0.1, 0.15) is 18.7 Å². The highest BCUT2D eigenvalue weighted by Gasteiger charge is 2.19. The Morgan fingerprint density at radius 3 is 2.20 bits per heavy atom. The van der Waals surface area contributed by atoms with Gasteiger partial charge in [0.25, 0.3) is 0 Å². The minimum atomic E-state index is -1.23. The van der Waals surface area contributed by atoms with Gasteiger partial charge < -0.3 is 15.5 Å². The molecule has 2 unspecified atom stereocenters. The van der Waals surface area contributed by atoms with Crippen LogP contribution in [-0.2, 0) is 4.79 Å². The molecule has 0 spiro atoms. The van der Waals surface area contributed by atoms with E-state index in [1.54, 1.807) is 0 Å². The molecule has 2 atom stereocenters. The van der Waals surface area contributed by atoms with Crippen molar-refractivity contribution in [2.45, 2.75) is 25.6 Å². The zero-order chi connectivity index (χ0) is 15.1. The molecule has 0 aliphatic rings. The number of aliphatic hydroxyl groups excluding tert-OH is 2. The number of benzene rings is 1. The first kappa shape index (κ1) is 16.0. The minimum Gasteiger partial charge on any atom is -0.390 e. The van der Waals surface area contributed by atoms with Crippen LogP contribution in [0.3, 0.4) is 0 Å². The topological polar surface area (TPSA) is 104 Å². The van der Waals surface area contributed by atoms with Gasteiger partial charge in [-0.2, -0.15) is 0 Å². The van der Waals surface area contributed by atoms with Gasteiger partial charge in [0.15, 0.2) is 0 Å². The van der Waals surface area contributed by atoms with Crippen molar-refractivity contribution in [2.24, 2.45) is 0 Å². The number of amides is 1. The summed E-state index contributed by atoms with van der Waals surface area (Å²) >= 11 is 0. The van der Waals surface area contributed by atoms with Crippen molar-refractivity contribution in [3.63, 3.8) is 0 Å². The molecule has 0 heterocycles. The van der Waals surface area contributed by atoms with E-state index in [1.165, 1.54) is 25.1 Å². The van der Waals surface area contributed by atoms with E-state index in [-0.39, 0.29) is 35.6 Å². The molecule has 6 nitrogen and oxygen atoms in total. The molecule has 3 N–H and O–H groups in total. The SMILES string of the molecule is CC(=O)NCCC(O)C(O)c1cc(C=O)cc(C=O)c1. The molecule has 0 aliphatic carbocycles. The lowest BCUT2D eigenvalue weighted by Gasteiger charge is -2.19. The maximum absolute atomic E-state index is 10.8. The van der Waals surface area contributed by atoms with Crippen LogP contribution in [0.5, 0.6) is 0 Å². The number of aldehydes is 2. The summed E-state index contributed by atoms with van der Waals surface area (Å²) in [5.74, 6) is -0.224. The zero-order valence-electron chi connectivity index (χ0n) is 11.1. The molecule has 0 fully saturated rings. The van der Waals surface area contributed by atoms with E-state index >= 15 is 0 Å². The van der Waals surface area contributed by atoms with Crippen molar-refractivity contribution >= 4 is 18.5 Å². The normalized spacial score (nSPS) is 13.3. The largest absolute Gasteiger partial charge is 0.390 e. The van der Waals surface area contributed by atoms with Crippen molar-refractivity contribution in [3.8, 4) is 0 Å². The molecule has 0 saturated carbocycles. The maximum atomic E-state index is 10.8. The van der Waals surface area contributed by atoms with Crippen molar-refractivity contribution in [1.82, 2.24) is 5.32 Å². The number of nitrogens with one attached hydrogen (secondary N) is 1. The first-order chi connectivity index (χ1) is 9.47. The minimum absolute atomic E-state index is 0.155. The Bertz CT molecular complexity index is 474. The van der Waals surface area contributed by atoms with Gasteiger partial charge >= 0.3 is 0 Å². The van der Waals surface area contributed by atoms with Crippen molar-refractivity contribution in [2.75, 3.05) is 6.54 Å².